The van der Waals surface area contributed by atoms with Crippen molar-refractivity contribution in [3.8, 4) is 0 Å². The normalized spacial score (nSPS) is 25.1. The van der Waals surface area contributed by atoms with E-state index < -0.39 is 0 Å². The van der Waals surface area contributed by atoms with Gasteiger partial charge >= 0.3 is 0 Å². The number of hydrogen-bond donors (Lipinski definition) is 1. The van der Waals surface area contributed by atoms with Crippen LogP contribution in [0.4, 0.5) is 0 Å². The molecule has 2 aliphatic carbocycles. The maximum absolute atomic E-state index is 10.6. The van der Waals surface area contributed by atoms with E-state index in [1.807, 2.05) is 0 Å². The summed E-state index contributed by atoms with van der Waals surface area (Å²) in [5.74, 6) is 0. The Morgan fingerprint density at radius 1 is 0.850 bits per heavy atom. The van der Waals surface area contributed by atoms with Gasteiger partial charge in [-0.15, -0.1) is 0 Å². The second kappa shape index (κ2) is 7.26. The molecule has 0 saturated heterocycles. The molecule has 0 aromatic heterocycles. The van der Waals surface area contributed by atoms with Crippen LogP contribution >= 0.6 is 0 Å². The van der Waals surface area contributed by atoms with Gasteiger partial charge in [-0.05, 0) is 31.1 Å². The molecule has 0 radical (unpaired) electrons. The largest absolute Gasteiger partial charge is 0.391 e. The van der Waals surface area contributed by atoms with Crippen molar-refractivity contribution in [2.24, 2.45) is 5.41 Å². The molecule has 1 atom stereocenters. The molecule has 2 heteroatoms. The zero-order chi connectivity index (χ0) is 14.6. The quantitative estimate of drug-likeness (QED) is 0.827. The summed E-state index contributed by atoms with van der Waals surface area (Å²) in [4.78, 5) is 2.72. The van der Waals surface area contributed by atoms with Crippen LogP contribution in [-0.4, -0.2) is 34.7 Å². The fraction of sp³-hybridized carbons (Fsp3) is 1.00. The van der Waals surface area contributed by atoms with Gasteiger partial charge in [0.1, 0.15) is 0 Å². The summed E-state index contributed by atoms with van der Waals surface area (Å²) in [6.07, 6.45) is 13.6. The highest BCUT2D eigenvalue weighted by Crippen LogP contribution is 2.32. The summed E-state index contributed by atoms with van der Waals surface area (Å²) in [6, 6.07) is 1.48. The van der Waals surface area contributed by atoms with Crippen LogP contribution in [0.1, 0.15) is 85.0 Å². The molecular weight excluding hydrogens is 246 g/mol. The third-order valence-corrected chi connectivity index (χ3v) is 5.47. The summed E-state index contributed by atoms with van der Waals surface area (Å²) >= 11 is 0. The van der Waals surface area contributed by atoms with E-state index >= 15 is 0 Å². The van der Waals surface area contributed by atoms with E-state index in [2.05, 4.69) is 25.7 Å². The van der Waals surface area contributed by atoms with E-state index in [0.717, 1.165) is 18.6 Å². The predicted octanol–water partition coefficient (Wildman–Crippen LogP) is 4.36. The molecule has 2 fully saturated rings. The summed E-state index contributed by atoms with van der Waals surface area (Å²) in [5, 5.41) is 10.6. The summed E-state index contributed by atoms with van der Waals surface area (Å²) in [5.41, 5.74) is 0.00157. The van der Waals surface area contributed by atoms with Crippen LogP contribution in [0.25, 0.3) is 0 Å². The van der Waals surface area contributed by atoms with Crippen LogP contribution in [0.15, 0.2) is 0 Å². The monoisotopic (exact) mass is 281 g/mol. The van der Waals surface area contributed by atoms with Crippen molar-refractivity contribution in [2.75, 3.05) is 6.54 Å². The Labute approximate surface area is 125 Å². The third kappa shape index (κ3) is 4.46. The molecule has 2 rings (SSSR count). The summed E-state index contributed by atoms with van der Waals surface area (Å²) in [6.45, 7) is 7.38. The minimum atomic E-state index is -0.202. The average Bonchev–Trinajstić information content (AvgIpc) is 2.45. The number of aliphatic hydroxyl groups is 1. The number of rotatable bonds is 4. The lowest BCUT2D eigenvalue weighted by molar-refractivity contribution is -0.0145. The van der Waals surface area contributed by atoms with Crippen molar-refractivity contribution in [1.82, 2.24) is 4.90 Å². The molecule has 20 heavy (non-hydrogen) atoms. The van der Waals surface area contributed by atoms with E-state index in [9.17, 15) is 5.11 Å². The molecule has 2 saturated carbocycles. The zero-order valence-electron chi connectivity index (χ0n) is 13.9. The Bertz CT molecular complexity index is 254. The Balaban J connectivity index is 2.02. The first-order valence-electron chi connectivity index (χ1n) is 8.92. The third-order valence-electron chi connectivity index (χ3n) is 5.47. The lowest BCUT2D eigenvalue weighted by Crippen LogP contribution is -2.50. The van der Waals surface area contributed by atoms with Gasteiger partial charge in [0.15, 0.2) is 0 Å². The molecule has 0 spiro atoms. The maximum Gasteiger partial charge on any atom is 0.0715 e. The number of aliphatic hydroxyl groups excluding tert-OH is 1. The summed E-state index contributed by atoms with van der Waals surface area (Å²) in [7, 11) is 0. The molecule has 0 heterocycles. The Morgan fingerprint density at radius 3 is 1.60 bits per heavy atom. The maximum atomic E-state index is 10.6. The van der Waals surface area contributed by atoms with Crippen LogP contribution in [0.5, 0.6) is 0 Å². The van der Waals surface area contributed by atoms with Gasteiger partial charge in [0.25, 0.3) is 0 Å². The van der Waals surface area contributed by atoms with Gasteiger partial charge in [-0.3, -0.25) is 4.90 Å². The van der Waals surface area contributed by atoms with E-state index in [1.54, 1.807) is 0 Å². The van der Waals surface area contributed by atoms with Crippen molar-refractivity contribution in [3.63, 3.8) is 0 Å². The minimum absolute atomic E-state index is 0.00157. The van der Waals surface area contributed by atoms with Crippen LogP contribution in [0.2, 0.25) is 0 Å². The number of hydrogen-bond acceptors (Lipinski definition) is 2. The Morgan fingerprint density at radius 2 is 1.25 bits per heavy atom. The Kier molecular flexibility index (Phi) is 5.92. The van der Waals surface area contributed by atoms with Crippen LogP contribution in [0, 0.1) is 5.41 Å². The molecule has 0 aliphatic heterocycles. The highest BCUT2D eigenvalue weighted by Gasteiger charge is 2.33. The highest BCUT2D eigenvalue weighted by atomic mass is 16.3. The fourth-order valence-corrected chi connectivity index (χ4v) is 3.90. The van der Waals surface area contributed by atoms with Gasteiger partial charge in [-0.25, -0.2) is 0 Å². The summed E-state index contributed by atoms with van der Waals surface area (Å²) < 4.78 is 0. The van der Waals surface area contributed by atoms with E-state index in [0.29, 0.717) is 0 Å². The molecule has 0 bridgehead atoms. The SMILES string of the molecule is CC(C)(C)C(O)CN(C1CCCCC1)C1CCCCC1. The Hall–Kier alpha value is -0.0800. The topological polar surface area (TPSA) is 23.5 Å². The average molecular weight is 281 g/mol. The molecule has 0 aromatic rings. The van der Waals surface area contributed by atoms with Crippen molar-refractivity contribution < 1.29 is 5.11 Å². The van der Waals surface area contributed by atoms with Gasteiger partial charge < -0.3 is 5.11 Å². The van der Waals surface area contributed by atoms with Gasteiger partial charge in [0, 0.05) is 18.6 Å². The molecular formula is C18H35NO. The molecule has 2 aliphatic rings. The standard InChI is InChI=1S/C18H35NO/c1-18(2,3)17(20)14-19(15-10-6-4-7-11-15)16-12-8-5-9-13-16/h15-17,20H,4-14H2,1-3H3. The van der Waals surface area contributed by atoms with Gasteiger partial charge in [-0.1, -0.05) is 59.3 Å². The molecule has 118 valence electrons. The lowest BCUT2D eigenvalue weighted by atomic mass is 9.85. The predicted molar refractivity (Wildman–Crippen MR) is 85.9 cm³/mol. The molecule has 0 amide bonds. The van der Waals surface area contributed by atoms with E-state index in [4.69, 9.17) is 0 Å². The second-order valence-corrected chi connectivity index (χ2v) is 8.16. The van der Waals surface area contributed by atoms with Crippen molar-refractivity contribution in [1.29, 1.82) is 0 Å². The van der Waals surface area contributed by atoms with Gasteiger partial charge in [-0.2, -0.15) is 0 Å². The van der Waals surface area contributed by atoms with Crippen molar-refractivity contribution in [2.45, 2.75) is 103 Å². The molecule has 1 N–H and O–H groups in total. The second-order valence-electron chi connectivity index (χ2n) is 8.16. The van der Waals surface area contributed by atoms with Gasteiger partial charge in [0.2, 0.25) is 0 Å². The highest BCUT2D eigenvalue weighted by molar-refractivity contribution is 4.87. The van der Waals surface area contributed by atoms with E-state index in [-0.39, 0.29) is 11.5 Å². The molecule has 1 unspecified atom stereocenters. The molecule has 2 nitrogen and oxygen atoms in total. The lowest BCUT2D eigenvalue weighted by Gasteiger charge is -2.44. The van der Waals surface area contributed by atoms with Crippen LogP contribution < -0.4 is 0 Å². The van der Waals surface area contributed by atoms with E-state index in [1.165, 1.54) is 64.2 Å². The number of nitrogens with zero attached hydrogens (tertiary/aromatic N) is 1. The van der Waals surface area contributed by atoms with Crippen molar-refractivity contribution in [3.05, 3.63) is 0 Å². The van der Waals surface area contributed by atoms with Gasteiger partial charge in [0.05, 0.1) is 6.10 Å². The van der Waals surface area contributed by atoms with Crippen LogP contribution in [0.3, 0.4) is 0 Å². The first kappa shape index (κ1) is 16.3. The van der Waals surface area contributed by atoms with Crippen LogP contribution in [-0.2, 0) is 0 Å². The smallest absolute Gasteiger partial charge is 0.0715 e. The van der Waals surface area contributed by atoms with Crippen molar-refractivity contribution >= 4 is 0 Å². The molecule has 0 aromatic carbocycles. The first-order chi connectivity index (χ1) is 9.48. The fourth-order valence-electron chi connectivity index (χ4n) is 3.90. The minimum Gasteiger partial charge on any atom is -0.391 e. The zero-order valence-corrected chi connectivity index (χ0v) is 13.9. The first-order valence-corrected chi connectivity index (χ1v) is 8.92.